The second-order valence-corrected chi connectivity index (χ2v) is 6.52. The third kappa shape index (κ3) is 5.24. The second kappa shape index (κ2) is 8.06. The molecule has 0 spiro atoms. The highest BCUT2D eigenvalue weighted by molar-refractivity contribution is 5.86. The van der Waals surface area contributed by atoms with Crippen molar-refractivity contribution in [3.8, 4) is 0 Å². The van der Waals surface area contributed by atoms with Crippen LogP contribution in [0.4, 0.5) is 0 Å². The molecule has 0 saturated carbocycles. The third-order valence-electron chi connectivity index (χ3n) is 3.59. The van der Waals surface area contributed by atoms with Gasteiger partial charge in [0, 0.05) is 30.8 Å². The summed E-state index contributed by atoms with van der Waals surface area (Å²) in [5.41, 5.74) is 0.769. The molecule has 124 valence electrons. The highest BCUT2D eigenvalue weighted by Crippen LogP contribution is 2.12. The molecule has 6 heteroatoms. The molecule has 0 saturated heterocycles. The maximum absolute atomic E-state index is 12.4. The molecule has 0 atom stereocenters. The average molecular weight is 308 g/mol. The minimum absolute atomic E-state index is 0.0110. The Morgan fingerprint density at radius 3 is 2.23 bits per heavy atom. The lowest BCUT2D eigenvalue weighted by Crippen LogP contribution is -2.36. The average Bonchev–Trinajstić information content (AvgIpc) is 2.90. The summed E-state index contributed by atoms with van der Waals surface area (Å²) in [5, 5.41) is 8.18. The lowest BCUT2D eigenvalue weighted by Gasteiger charge is -2.26. The quantitative estimate of drug-likeness (QED) is 0.740. The molecule has 0 N–H and O–H groups in total. The van der Waals surface area contributed by atoms with Crippen molar-refractivity contribution in [2.45, 2.75) is 73.0 Å². The van der Waals surface area contributed by atoms with Crippen molar-refractivity contribution in [2.75, 3.05) is 0 Å². The van der Waals surface area contributed by atoms with Crippen LogP contribution in [0.15, 0.2) is 6.20 Å². The van der Waals surface area contributed by atoms with Crippen LogP contribution in [0.2, 0.25) is 0 Å². The van der Waals surface area contributed by atoms with Crippen molar-refractivity contribution in [1.29, 1.82) is 0 Å². The number of Topliss-reactive ketones (excluding diaryl/α,β-unsaturated/α-hetero) is 1. The number of ketones is 1. The number of aromatic nitrogens is 3. The van der Waals surface area contributed by atoms with Crippen LogP contribution in [0, 0.1) is 5.92 Å². The van der Waals surface area contributed by atoms with Gasteiger partial charge in [-0.25, -0.2) is 4.68 Å². The molecule has 0 unspecified atom stereocenters. The molecule has 0 aliphatic rings. The Labute approximate surface area is 132 Å². The zero-order valence-electron chi connectivity index (χ0n) is 14.5. The Balaban J connectivity index is 2.68. The Bertz CT molecular complexity index is 506. The first kappa shape index (κ1) is 18.3. The second-order valence-electron chi connectivity index (χ2n) is 6.52. The third-order valence-corrected chi connectivity index (χ3v) is 3.59. The van der Waals surface area contributed by atoms with Crippen LogP contribution >= 0.6 is 0 Å². The number of hydrogen-bond donors (Lipinski definition) is 0. The van der Waals surface area contributed by atoms with Crippen LogP contribution in [-0.2, 0) is 16.1 Å². The summed E-state index contributed by atoms with van der Waals surface area (Å²) in [6.07, 6.45) is 2.43. The van der Waals surface area contributed by atoms with Gasteiger partial charge in [0.05, 0.1) is 12.7 Å². The van der Waals surface area contributed by atoms with E-state index in [1.165, 1.54) is 0 Å². The summed E-state index contributed by atoms with van der Waals surface area (Å²) in [4.78, 5) is 25.8. The molecule has 1 amide bonds. The van der Waals surface area contributed by atoms with Gasteiger partial charge in [-0.05, 0) is 27.7 Å². The molecule has 1 aromatic rings. The SMILES string of the molecule is CC(C)C(=O)CCC(=O)N(Cc1cn(C(C)C)nn1)C(C)C. The van der Waals surface area contributed by atoms with Crippen LogP contribution < -0.4 is 0 Å². The highest BCUT2D eigenvalue weighted by atomic mass is 16.2. The molecule has 0 aliphatic heterocycles. The topological polar surface area (TPSA) is 68.1 Å². The van der Waals surface area contributed by atoms with E-state index >= 15 is 0 Å². The summed E-state index contributed by atoms with van der Waals surface area (Å²) in [7, 11) is 0. The summed E-state index contributed by atoms with van der Waals surface area (Å²) >= 11 is 0. The van der Waals surface area contributed by atoms with E-state index in [0.717, 1.165) is 5.69 Å². The van der Waals surface area contributed by atoms with E-state index in [2.05, 4.69) is 10.3 Å². The predicted molar refractivity (Wildman–Crippen MR) is 85.2 cm³/mol. The molecule has 22 heavy (non-hydrogen) atoms. The number of rotatable bonds is 8. The Morgan fingerprint density at radius 1 is 1.14 bits per heavy atom. The fourth-order valence-corrected chi connectivity index (χ4v) is 2.03. The Hall–Kier alpha value is -1.72. The molecule has 0 fully saturated rings. The number of amides is 1. The van der Waals surface area contributed by atoms with Crippen LogP contribution in [0.3, 0.4) is 0 Å². The summed E-state index contributed by atoms with van der Waals surface area (Å²) in [6.45, 7) is 12.1. The molecule has 0 radical (unpaired) electrons. The first-order chi connectivity index (χ1) is 10.2. The van der Waals surface area contributed by atoms with Crippen molar-refractivity contribution in [3.63, 3.8) is 0 Å². The maximum atomic E-state index is 12.4. The minimum atomic E-state index is -0.0220. The monoisotopic (exact) mass is 308 g/mol. The predicted octanol–water partition coefficient (Wildman–Crippen LogP) is 2.60. The fraction of sp³-hybridized carbons (Fsp3) is 0.750. The van der Waals surface area contributed by atoms with Crippen molar-refractivity contribution >= 4 is 11.7 Å². The van der Waals surface area contributed by atoms with Gasteiger partial charge in [-0.15, -0.1) is 5.10 Å². The van der Waals surface area contributed by atoms with E-state index in [-0.39, 0.29) is 36.1 Å². The van der Waals surface area contributed by atoms with Gasteiger partial charge < -0.3 is 4.90 Å². The molecule has 0 aliphatic carbocycles. The van der Waals surface area contributed by atoms with E-state index in [1.54, 1.807) is 9.58 Å². The summed E-state index contributed by atoms with van der Waals surface area (Å²) in [5.74, 6) is 0.0946. The molecular formula is C16H28N4O2. The molecular weight excluding hydrogens is 280 g/mol. The zero-order chi connectivity index (χ0) is 16.9. The maximum Gasteiger partial charge on any atom is 0.223 e. The van der Waals surface area contributed by atoms with Crippen LogP contribution in [0.25, 0.3) is 0 Å². The van der Waals surface area contributed by atoms with Crippen molar-refractivity contribution < 1.29 is 9.59 Å². The van der Waals surface area contributed by atoms with Crippen molar-refractivity contribution in [2.24, 2.45) is 5.92 Å². The van der Waals surface area contributed by atoms with Crippen LogP contribution in [0.5, 0.6) is 0 Å². The van der Waals surface area contributed by atoms with Gasteiger partial charge in [-0.1, -0.05) is 19.1 Å². The number of hydrogen-bond acceptors (Lipinski definition) is 4. The molecule has 0 bridgehead atoms. The van der Waals surface area contributed by atoms with E-state index in [9.17, 15) is 9.59 Å². The molecule has 1 rings (SSSR count). The molecule has 1 aromatic heterocycles. The summed E-state index contributed by atoms with van der Waals surface area (Å²) in [6, 6.07) is 0.305. The lowest BCUT2D eigenvalue weighted by atomic mass is 10.0. The highest BCUT2D eigenvalue weighted by Gasteiger charge is 2.20. The number of carbonyl (C=O) groups excluding carboxylic acids is 2. The largest absolute Gasteiger partial charge is 0.334 e. The van der Waals surface area contributed by atoms with Gasteiger partial charge in [0.1, 0.15) is 11.5 Å². The molecule has 0 aromatic carbocycles. The Kier molecular flexibility index (Phi) is 6.71. The van der Waals surface area contributed by atoms with E-state index in [4.69, 9.17) is 0 Å². The number of carbonyl (C=O) groups is 2. The summed E-state index contributed by atoms with van der Waals surface area (Å²) < 4.78 is 1.78. The van der Waals surface area contributed by atoms with Gasteiger partial charge in [0.25, 0.3) is 0 Å². The normalized spacial score (nSPS) is 11.5. The standard InChI is InChI=1S/C16H28N4O2/c1-11(2)15(21)7-8-16(22)19(12(3)4)9-14-10-20(13(5)6)18-17-14/h10-13H,7-9H2,1-6H3. The van der Waals surface area contributed by atoms with Gasteiger partial charge in [0.15, 0.2) is 0 Å². The first-order valence-electron chi connectivity index (χ1n) is 7.95. The van der Waals surface area contributed by atoms with Gasteiger partial charge in [-0.2, -0.15) is 0 Å². The van der Waals surface area contributed by atoms with Gasteiger partial charge >= 0.3 is 0 Å². The van der Waals surface area contributed by atoms with E-state index in [0.29, 0.717) is 13.0 Å². The zero-order valence-corrected chi connectivity index (χ0v) is 14.5. The van der Waals surface area contributed by atoms with Crippen LogP contribution in [-0.4, -0.2) is 37.6 Å². The lowest BCUT2D eigenvalue weighted by molar-refractivity contribution is -0.135. The van der Waals surface area contributed by atoms with Crippen LogP contribution in [0.1, 0.15) is 66.1 Å². The minimum Gasteiger partial charge on any atom is -0.334 e. The first-order valence-corrected chi connectivity index (χ1v) is 7.95. The Morgan fingerprint density at radius 2 is 1.77 bits per heavy atom. The van der Waals surface area contributed by atoms with E-state index < -0.39 is 0 Å². The van der Waals surface area contributed by atoms with Crippen molar-refractivity contribution in [1.82, 2.24) is 19.9 Å². The van der Waals surface area contributed by atoms with Crippen molar-refractivity contribution in [3.05, 3.63) is 11.9 Å². The fourth-order valence-electron chi connectivity index (χ4n) is 2.03. The van der Waals surface area contributed by atoms with Gasteiger partial charge in [-0.3, -0.25) is 9.59 Å². The smallest absolute Gasteiger partial charge is 0.223 e. The molecule has 1 heterocycles. The number of nitrogens with zero attached hydrogens (tertiary/aromatic N) is 4. The molecule has 6 nitrogen and oxygen atoms in total. The van der Waals surface area contributed by atoms with E-state index in [1.807, 2.05) is 47.7 Å². The van der Waals surface area contributed by atoms with Gasteiger partial charge in [0.2, 0.25) is 5.91 Å².